The van der Waals surface area contributed by atoms with Crippen molar-refractivity contribution in [1.29, 1.82) is 0 Å². The van der Waals surface area contributed by atoms with Crippen LogP contribution < -0.4 is 5.73 Å². The number of carbonyl (C=O) groups is 1. The molecular weight excluding hydrogens is 176 g/mol. The second-order valence-corrected chi connectivity index (χ2v) is 3.30. The largest absolute Gasteiger partial charge is 0.360 e. The fourth-order valence-electron chi connectivity index (χ4n) is 1.67. The Morgan fingerprint density at radius 2 is 2.29 bits per heavy atom. The number of benzene rings is 1. The lowest BCUT2D eigenvalue weighted by Crippen LogP contribution is -1.95. The minimum atomic E-state index is 0.0704. The van der Waals surface area contributed by atoms with Crippen LogP contribution in [0.2, 0.25) is 0 Å². The Kier molecular flexibility index (Phi) is 2.09. The molecule has 0 aliphatic heterocycles. The lowest BCUT2D eigenvalue weighted by molar-refractivity contribution is 0.101. The molecular formula is C11H12N2O. The first kappa shape index (κ1) is 8.97. The smallest absolute Gasteiger partial charge is 0.161 e. The van der Waals surface area contributed by atoms with Crippen molar-refractivity contribution in [3.8, 4) is 0 Å². The van der Waals surface area contributed by atoms with Crippen LogP contribution in [-0.2, 0) is 6.54 Å². The Morgan fingerprint density at radius 3 is 2.93 bits per heavy atom. The summed E-state index contributed by atoms with van der Waals surface area (Å²) < 4.78 is 0. The van der Waals surface area contributed by atoms with E-state index in [1.165, 1.54) is 0 Å². The second kappa shape index (κ2) is 3.27. The van der Waals surface area contributed by atoms with Gasteiger partial charge in [-0.2, -0.15) is 0 Å². The maximum absolute atomic E-state index is 11.3. The van der Waals surface area contributed by atoms with Crippen LogP contribution in [0.15, 0.2) is 24.4 Å². The van der Waals surface area contributed by atoms with Crippen molar-refractivity contribution < 1.29 is 4.79 Å². The maximum Gasteiger partial charge on any atom is 0.161 e. The Morgan fingerprint density at radius 1 is 1.50 bits per heavy atom. The van der Waals surface area contributed by atoms with Gasteiger partial charge in [-0.25, -0.2) is 0 Å². The zero-order valence-electron chi connectivity index (χ0n) is 8.00. The molecule has 1 heterocycles. The summed E-state index contributed by atoms with van der Waals surface area (Å²) in [5, 5.41) is 1.04. The molecule has 0 saturated heterocycles. The average molecular weight is 188 g/mol. The summed E-state index contributed by atoms with van der Waals surface area (Å²) in [6.07, 6.45) is 1.86. The summed E-state index contributed by atoms with van der Waals surface area (Å²) in [5.41, 5.74) is 8.24. The molecule has 3 nitrogen and oxygen atoms in total. The lowest BCUT2D eigenvalue weighted by atomic mass is 10.1. The number of hydrogen-bond donors (Lipinski definition) is 2. The number of Topliss-reactive ketones (excluding diaryl/α,β-unsaturated/α-hetero) is 1. The van der Waals surface area contributed by atoms with E-state index in [0.29, 0.717) is 6.54 Å². The number of nitrogens with one attached hydrogen (secondary N) is 1. The highest BCUT2D eigenvalue weighted by Crippen LogP contribution is 2.21. The zero-order valence-corrected chi connectivity index (χ0v) is 8.00. The number of rotatable bonds is 2. The molecule has 0 aliphatic rings. The van der Waals surface area contributed by atoms with Gasteiger partial charge in [0.05, 0.1) is 5.52 Å². The summed E-state index contributed by atoms with van der Waals surface area (Å²) in [4.78, 5) is 14.4. The van der Waals surface area contributed by atoms with E-state index in [2.05, 4.69) is 4.98 Å². The Balaban J connectivity index is 2.76. The Labute approximate surface area is 81.9 Å². The van der Waals surface area contributed by atoms with Gasteiger partial charge in [0.1, 0.15) is 0 Å². The standard InChI is InChI=1S/C11H12N2O/c1-7(14)9-3-2-4-10-8(5-12)6-13-11(9)10/h2-4,6,13H,5,12H2,1H3. The van der Waals surface area contributed by atoms with Gasteiger partial charge < -0.3 is 10.7 Å². The predicted molar refractivity (Wildman–Crippen MR) is 56.2 cm³/mol. The number of carbonyl (C=O) groups excluding carboxylic acids is 1. The van der Waals surface area contributed by atoms with Crippen LogP contribution in [0.4, 0.5) is 0 Å². The molecule has 1 aromatic heterocycles. The zero-order chi connectivity index (χ0) is 10.1. The number of aromatic nitrogens is 1. The minimum absolute atomic E-state index is 0.0704. The molecule has 3 heteroatoms. The number of ketones is 1. The van der Waals surface area contributed by atoms with Gasteiger partial charge in [0, 0.05) is 23.7 Å². The highest BCUT2D eigenvalue weighted by Gasteiger charge is 2.08. The normalized spacial score (nSPS) is 10.7. The summed E-state index contributed by atoms with van der Waals surface area (Å²) in [5.74, 6) is 0.0704. The molecule has 0 aliphatic carbocycles. The lowest BCUT2D eigenvalue weighted by Gasteiger charge is -1.98. The van der Waals surface area contributed by atoms with Crippen LogP contribution in [0.3, 0.4) is 0 Å². The highest BCUT2D eigenvalue weighted by atomic mass is 16.1. The maximum atomic E-state index is 11.3. The molecule has 0 bridgehead atoms. The van der Waals surface area contributed by atoms with Crippen LogP contribution in [0.5, 0.6) is 0 Å². The van der Waals surface area contributed by atoms with Crippen molar-refractivity contribution >= 4 is 16.7 Å². The first-order chi connectivity index (χ1) is 6.74. The molecule has 0 amide bonds. The summed E-state index contributed by atoms with van der Waals surface area (Å²) in [7, 11) is 0. The molecule has 0 fully saturated rings. The summed E-state index contributed by atoms with van der Waals surface area (Å²) in [6, 6.07) is 5.67. The number of nitrogens with two attached hydrogens (primary N) is 1. The van der Waals surface area contributed by atoms with Gasteiger partial charge in [0.2, 0.25) is 0 Å². The predicted octanol–water partition coefficient (Wildman–Crippen LogP) is 1.83. The molecule has 2 aromatic rings. The molecule has 0 saturated carbocycles. The molecule has 1 aromatic carbocycles. The highest BCUT2D eigenvalue weighted by molar-refractivity contribution is 6.06. The van der Waals surface area contributed by atoms with E-state index in [1.54, 1.807) is 6.92 Å². The molecule has 2 rings (SSSR count). The number of fused-ring (bicyclic) bond motifs is 1. The molecule has 14 heavy (non-hydrogen) atoms. The third-order valence-corrected chi connectivity index (χ3v) is 2.40. The van der Waals surface area contributed by atoms with Gasteiger partial charge in [-0.3, -0.25) is 4.79 Å². The van der Waals surface area contributed by atoms with Crippen molar-refractivity contribution in [2.45, 2.75) is 13.5 Å². The first-order valence-electron chi connectivity index (χ1n) is 4.54. The number of hydrogen-bond acceptors (Lipinski definition) is 2. The van der Waals surface area contributed by atoms with Crippen molar-refractivity contribution in [2.24, 2.45) is 5.73 Å². The van der Waals surface area contributed by atoms with E-state index in [0.717, 1.165) is 22.0 Å². The van der Waals surface area contributed by atoms with Gasteiger partial charge in [-0.15, -0.1) is 0 Å². The molecule has 0 unspecified atom stereocenters. The van der Waals surface area contributed by atoms with E-state index in [-0.39, 0.29) is 5.78 Å². The fourth-order valence-corrected chi connectivity index (χ4v) is 1.67. The van der Waals surface area contributed by atoms with E-state index < -0.39 is 0 Å². The van der Waals surface area contributed by atoms with Gasteiger partial charge in [-0.1, -0.05) is 12.1 Å². The Hall–Kier alpha value is -1.61. The topological polar surface area (TPSA) is 58.9 Å². The number of H-pyrrole nitrogens is 1. The van der Waals surface area contributed by atoms with Gasteiger partial charge >= 0.3 is 0 Å². The molecule has 0 spiro atoms. The number of aromatic amines is 1. The van der Waals surface area contributed by atoms with Gasteiger partial charge in [-0.05, 0) is 18.6 Å². The van der Waals surface area contributed by atoms with E-state index in [4.69, 9.17) is 5.73 Å². The fraction of sp³-hybridized carbons (Fsp3) is 0.182. The monoisotopic (exact) mass is 188 g/mol. The molecule has 72 valence electrons. The number of para-hydroxylation sites is 1. The van der Waals surface area contributed by atoms with E-state index in [1.807, 2.05) is 24.4 Å². The van der Waals surface area contributed by atoms with Crippen molar-refractivity contribution in [1.82, 2.24) is 4.98 Å². The average Bonchev–Trinajstić information content (AvgIpc) is 2.59. The third kappa shape index (κ3) is 1.22. The molecule has 0 radical (unpaired) electrons. The minimum Gasteiger partial charge on any atom is -0.360 e. The van der Waals surface area contributed by atoms with Crippen molar-refractivity contribution in [3.05, 3.63) is 35.5 Å². The van der Waals surface area contributed by atoms with E-state index >= 15 is 0 Å². The quantitative estimate of drug-likeness (QED) is 0.706. The Bertz CT molecular complexity index is 485. The summed E-state index contributed by atoms with van der Waals surface area (Å²) in [6.45, 7) is 2.05. The van der Waals surface area contributed by atoms with Crippen molar-refractivity contribution in [2.75, 3.05) is 0 Å². The first-order valence-corrected chi connectivity index (χ1v) is 4.54. The van der Waals surface area contributed by atoms with Crippen LogP contribution in [0.25, 0.3) is 10.9 Å². The van der Waals surface area contributed by atoms with Crippen molar-refractivity contribution in [3.63, 3.8) is 0 Å². The van der Waals surface area contributed by atoms with Gasteiger partial charge in [0.15, 0.2) is 5.78 Å². The molecule has 3 N–H and O–H groups in total. The van der Waals surface area contributed by atoms with Crippen LogP contribution in [0.1, 0.15) is 22.8 Å². The summed E-state index contributed by atoms with van der Waals surface area (Å²) >= 11 is 0. The second-order valence-electron chi connectivity index (χ2n) is 3.30. The van der Waals surface area contributed by atoms with Gasteiger partial charge in [0.25, 0.3) is 0 Å². The molecule has 0 atom stereocenters. The van der Waals surface area contributed by atoms with Crippen LogP contribution in [-0.4, -0.2) is 10.8 Å². The van der Waals surface area contributed by atoms with Crippen LogP contribution >= 0.6 is 0 Å². The third-order valence-electron chi connectivity index (χ3n) is 2.40. The van der Waals surface area contributed by atoms with Crippen LogP contribution in [0, 0.1) is 0 Å². The van der Waals surface area contributed by atoms with E-state index in [9.17, 15) is 4.79 Å². The SMILES string of the molecule is CC(=O)c1cccc2c(CN)c[nH]c12.